The summed E-state index contributed by atoms with van der Waals surface area (Å²) in [6.45, 7) is 5.26. The number of carboxylic acid groups (broad SMARTS) is 1. The van der Waals surface area contributed by atoms with Gasteiger partial charge in [-0.25, -0.2) is 9.97 Å². The standard InChI is InChI=1S/C26H23N5O4/c1-16(26(2,3)25(32)33)29-12-10-21-23(29)27-15-28-24(21)30-11-9-17-7-8-19(14-22(17)30)18-5-4-6-20(13-18)31(34)35/h4-16H,1-3H3,(H,32,33). The van der Waals surface area contributed by atoms with Crippen molar-refractivity contribution in [2.45, 2.75) is 26.8 Å². The van der Waals surface area contributed by atoms with E-state index in [1.165, 1.54) is 12.4 Å². The number of aliphatic carboxylic acids is 1. The molecule has 5 rings (SSSR count). The summed E-state index contributed by atoms with van der Waals surface area (Å²) >= 11 is 0. The normalized spacial score (nSPS) is 12.8. The second-order valence-electron chi connectivity index (χ2n) is 9.13. The van der Waals surface area contributed by atoms with Crippen LogP contribution in [-0.4, -0.2) is 35.1 Å². The number of hydrogen-bond donors (Lipinski definition) is 1. The minimum Gasteiger partial charge on any atom is -0.481 e. The number of rotatable bonds is 6. The highest BCUT2D eigenvalue weighted by molar-refractivity contribution is 5.91. The molecule has 0 spiro atoms. The zero-order valence-corrected chi connectivity index (χ0v) is 19.4. The second-order valence-corrected chi connectivity index (χ2v) is 9.13. The van der Waals surface area contributed by atoms with Crippen molar-refractivity contribution in [2.24, 2.45) is 5.41 Å². The number of nitrogens with zero attached hydrogens (tertiary/aromatic N) is 5. The van der Waals surface area contributed by atoms with Crippen molar-refractivity contribution in [1.29, 1.82) is 0 Å². The van der Waals surface area contributed by atoms with E-state index >= 15 is 0 Å². The lowest BCUT2D eigenvalue weighted by atomic mass is 9.85. The van der Waals surface area contributed by atoms with Crippen LogP contribution in [0.5, 0.6) is 0 Å². The molecule has 0 aliphatic heterocycles. The molecule has 0 radical (unpaired) electrons. The first kappa shape index (κ1) is 22.3. The summed E-state index contributed by atoms with van der Waals surface area (Å²) in [5.41, 5.74) is 2.17. The Morgan fingerprint density at radius 3 is 2.57 bits per heavy atom. The summed E-state index contributed by atoms with van der Waals surface area (Å²) in [6, 6.07) is 16.0. The molecule has 1 atom stereocenters. The fraction of sp³-hybridized carbons (Fsp3) is 0.192. The van der Waals surface area contributed by atoms with E-state index in [9.17, 15) is 20.0 Å². The summed E-state index contributed by atoms with van der Waals surface area (Å²) < 4.78 is 3.83. The smallest absolute Gasteiger partial charge is 0.311 e. The Hall–Kier alpha value is -4.53. The summed E-state index contributed by atoms with van der Waals surface area (Å²) in [6.07, 6.45) is 5.24. The zero-order chi connectivity index (χ0) is 24.9. The molecule has 0 saturated carbocycles. The van der Waals surface area contributed by atoms with E-state index in [0.717, 1.165) is 27.4 Å². The number of benzene rings is 2. The van der Waals surface area contributed by atoms with Crippen LogP contribution in [0.2, 0.25) is 0 Å². The van der Waals surface area contributed by atoms with Crippen molar-refractivity contribution in [3.05, 3.63) is 83.4 Å². The number of non-ortho nitro benzene ring substituents is 1. The van der Waals surface area contributed by atoms with E-state index in [1.54, 1.807) is 26.0 Å². The second kappa shape index (κ2) is 8.05. The molecule has 0 aliphatic carbocycles. The van der Waals surface area contributed by atoms with Gasteiger partial charge in [0.1, 0.15) is 17.8 Å². The molecule has 3 aromatic heterocycles. The van der Waals surface area contributed by atoms with E-state index in [-0.39, 0.29) is 11.7 Å². The van der Waals surface area contributed by atoms with E-state index in [4.69, 9.17) is 0 Å². The average Bonchev–Trinajstić information content (AvgIpc) is 3.47. The van der Waals surface area contributed by atoms with Crippen molar-refractivity contribution in [1.82, 2.24) is 19.1 Å². The Labute approximate surface area is 200 Å². The van der Waals surface area contributed by atoms with Gasteiger partial charge < -0.3 is 14.2 Å². The predicted octanol–water partition coefficient (Wildman–Crippen LogP) is 5.62. The Morgan fingerprint density at radius 1 is 1.06 bits per heavy atom. The first-order valence-corrected chi connectivity index (χ1v) is 11.1. The van der Waals surface area contributed by atoms with Crippen molar-refractivity contribution < 1.29 is 14.8 Å². The van der Waals surface area contributed by atoms with Crippen LogP contribution in [0.25, 0.3) is 38.9 Å². The van der Waals surface area contributed by atoms with Gasteiger partial charge in [0.2, 0.25) is 0 Å². The van der Waals surface area contributed by atoms with Crippen LogP contribution in [-0.2, 0) is 4.79 Å². The molecule has 1 unspecified atom stereocenters. The molecule has 9 heteroatoms. The van der Waals surface area contributed by atoms with E-state index in [0.29, 0.717) is 11.5 Å². The first-order chi connectivity index (χ1) is 16.7. The lowest BCUT2D eigenvalue weighted by Crippen LogP contribution is -2.32. The van der Waals surface area contributed by atoms with Crippen molar-refractivity contribution in [2.75, 3.05) is 0 Å². The molecule has 0 aliphatic rings. The highest BCUT2D eigenvalue weighted by Gasteiger charge is 2.35. The van der Waals surface area contributed by atoms with Crippen LogP contribution >= 0.6 is 0 Å². The van der Waals surface area contributed by atoms with Crippen molar-refractivity contribution in [3.8, 4) is 16.9 Å². The fourth-order valence-electron chi connectivity index (χ4n) is 4.28. The first-order valence-electron chi connectivity index (χ1n) is 11.1. The minimum absolute atomic E-state index is 0.0373. The monoisotopic (exact) mass is 469 g/mol. The maximum Gasteiger partial charge on any atom is 0.311 e. The van der Waals surface area contributed by atoms with Gasteiger partial charge in [0, 0.05) is 36.0 Å². The highest BCUT2D eigenvalue weighted by atomic mass is 16.6. The van der Waals surface area contributed by atoms with Gasteiger partial charge in [-0.05, 0) is 50.1 Å². The fourth-order valence-corrected chi connectivity index (χ4v) is 4.28. The van der Waals surface area contributed by atoms with Gasteiger partial charge in [-0.15, -0.1) is 0 Å². The van der Waals surface area contributed by atoms with Gasteiger partial charge in [0.25, 0.3) is 5.69 Å². The number of hydrogen-bond acceptors (Lipinski definition) is 5. The van der Waals surface area contributed by atoms with Crippen molar-refractivity contribution >= 4 is 33.6 Å². The number of fused-ring (bicyclic) bond motifs is 2. The van der Waals surface area contributed by atoms with Crippen LogP contribution in [0.1, 0.15) is 26.8 Å². The summed E-state index contributed by atoms with van der Waals surface area (Å²) in [7, 11) is 0. The van der Waals surface area contributed by atoms with Crippen LogP contribution in [0.3, 0.4) is 0 Å². The molecule has 9 nitrogen and oxygen atoms in total. The van der Waals surface area contributed by atoms with E-state index < -0.39 is 16.3 Å². The average molecular weight is 470 g/mol. The lowest BCUT2D eigenvalue weighted by molar-refractivity contribution is -0.384. The molecular formula is C26H23N5O4. The third-order valence-corrected chi connectivity index (χ3v) is 6.81. The maximum absolute atomic E-state index is 11.8. The quantitative estimate of drug-likeness (QED) is 0.255. The van der Waals surface area contributed by atoms with Gasteiger partial charge in [0.15, 0.2) is 0 Å². The topological polar surface area (TPSA) is 116 Å². The molecule has 0 bridgehead atoms. The molecule has 3 heterocycles. The van der Waals surface area contributed by atoms with E-state index in [1.807, 2.05) is 64.8 Å². The number of carboxylic acids is 1. The number of nitro benzene ring substituents is 1. The highest BCUT2D eigenvalue weighted by Crippen LogP contribution is 2.35. The van der Waals surface area contributed by atoms with E-state index in [2.05, 4.69) is 9.97 Å². The molecule has 0 saturated heterocycles. The third kappa shape index (κ3) is 3.61. The minimum atomic E-state index is -0.996. The lowest BCUT2D eigenvalue weighted by Gasteiger charge is -2.28. The maximum atomic E-state index is 11.8. The Balaban J connectivity index is 1.64. The van der Waals surface area contributed by atoms with Crippen LogP contribution in [0.4, 0.5) is 5.69 Å². The van der Waals surface area contributed by atoms with Gasteiger partial charge in [-0.3, -0.25) is 14.9 Å². The van der Waals surface area contributed by atoms with Crippen LogP contribution < -0.4 is 0 Å². The molecular weight excluding hydrogens is 446 g/mol. The predicted molar refractivity (Wildman–Crippen MR) is 133 cm³/mol. The van der Waals surface area contributed by atoms with Crippen LogP contribution in [0, 0.1) is 15.5 Å². The Kier molecular flexibility index (Phi) is 5.12. The Morgan fingerprint density at radius 2 is 1.83 bits per heavy atom. The summed E-state index contributed by atoms with van der Waals surface area (Å²) in [4.78, 5) is 31.6. The molecule has 0 fully saturated rings. The molecule has 1 N–H and O–H groups in total. The molecule has 176 valence electrons. The number of aromatic nitrogens is 4. The van der Waals surface area contributed by atoms with Crippen LogP contribution in [0.15, 0.2) is 73.3 Å². The van der Waals surface area contributed by atoms with Gasteiger partial charge in [0.05, 0.1) is 21.2 Å². The van der Waals surface area contributed by atoms with Gasteiger partial charge in [-0.1, -0.05) is 24.3 Å². The van der Waals surface area contributed by atoms with Gasteiger partial charge in [-0.2, -0.15) is 0 Å². The molecule has 0 amide bonds. The third-order valence-electron chi connectivity index (χ3n) is 6.81. The SMILES string of the molecule is CC(n1ccc2c(-n3ccc4ccc(-c5cccc([N+](=O)[O-])c5)cc43)ncnc21)C(C)(C)C(=O)O. The largest absolute Gasteiger partial charge is 0.481 e. The van der Waals surface area contributed by atoms with Gasteiger partial charge >= 0.3 is 5.97 Å². The molecule has 2 aromatic carbocycles. The summed E-state index contributed by atoms with van der Waals surface area (Å²) in [5.74, 6) is -0.216. The number of nitro groups is 1. The molecule has 35 heavy (non-hydrogen) atoms. The summed E-state index contributed by atoms with van der Waals surface area (Å²) in [5, 5.41) is 22.7. The Bertz CT molecular complexity index is 1610. The number of carbonyl (C=O) groups is 1. The molecule has 5 aromatic rings. The zero-order valence-electron chi connectivity index (χ0n) is 19.4. The van der Waals surface area contributed by atoms with Crippen molar-refractivity contribution in [3.63, 3.8) is 0 Å².